The van der Waals surface area contributed by atoms with Gasteiger partial charge >= 0.3 is 0 Å². The number of benzene rings is 2. The van der Waals surface area contributed by atoms with Crippen molar-refractivity contribution in [1.82, 2.24) is 5.32 Å². The Balaban J connectivity index is 1.60. The summed E-state index contributed by atoms with van der Waals surface area (Å²) >= 11 is 0. The number of anilines is 1. The minimum absolute atomic E-state index is 0.0276. The topological polar surface area (TPSA) is 78.4 Å². The molecule has 5 heteroatoms. The first-order valence-corrected chi connectivity index (χ1v) is 8.11. The SMILES string of the molecule is O=C1CCCc2cc(C(=O)NCCc3ccc(O)cc3)ccc2N1. The van der Waals surface area contributed by atoms with Gasteiger partial charge in [-0.15, -0.1) is 0 Å². The van der Waals surface area contributed by atoms with Gasteiger partial charge in [-0.2, -0.15) is 0 Å². The molecule has 0 atom stereocenters. The Hall–Kier alpha value is -2.82. The maximum Gasteiger partial charge on any atom is 0.251 e. The summed E-state index contributed by atoms with van der Waals surface area (Å²) in [5, 5.41) is 15.0. The Labute approximate surface area is 140 Å². The van der Waals surface area contributed by atoms with Gasteiger partial charge in [0.2, 0.25) is 5.91 Å². The number of carbonyl (C=O) groups is 2. The molecule has 3 rings (SSSR count). The predicted molar refractivity (Wildman–Crippen MR) is 92.2 cm³/mol. The second-order valence-corrected chi connectivity index (χ2v) is 5.95. The van der Waals surface area contributed by atoms with Crippen molar-refractivity contribution in [3.05, 3.63) is 59.2 Å². The highest BCUT2D eigenvalue weighted by atomic mass is 16.3. The van der Waals surface area contributed by atoms with E-state index in [1.54, 1.807) is 24.3 Å². The average molecular weight is 324 g/mol. The fourth-order valence-corrected chi connectivity index (χ4v) is 2.80. The molecule has 2 aromatic carbocycles. The molecule has 124 valence electrons. The van der Waals surface area contributed by atoms with Crippen LogP contribution in [0.15, 0.2) is 42.5 Å². The normalized spacial score (nSPS) is 13.6. The lowest BCUT2D eigenvalue weighted by Gasteiger charge is -2.10. The van der Waals surface area contributed by atoms with Gasteiger partial charge in [-0.05, 0) is 60.7 Å². The number of aromatic hydroxyl groups is 1. The molecule has 0 bridgehead atoms. The molecular formula is C19H20N2O3. The van der Waals surface area contributed by atoms with Gasteiger partial charge in [0.1, 0.15) is 5.75 Å². The smallest absolute Gasteiger partial charge is 0.251 e. The van der Waals surface area contributed by atoms with Crippen molar-refractivity contribution in [2.45, 2.75) is 25.7 Å². The second kappa shape index (κ2) is 7.17. The summed E-state index contributed by atoms with van der Waals surface area (Å²) in [5.74, 6) is 0.145. The number of phenols is 1. The van der Waals surface area contributed by atoms with Gasteiger partial charge in [0.05, 0.1) is 0 Å². The second-order valence-electron chi connectivity index (χ2n) is 5.95. The van der Waals surface area contributed by atoms with Crippen LogP contribution < -0.4 is 10.6 Å². The molecule has 0 saturated heterocycles. The van der Waals surface area contributed by atoms with Crippen LogP contribution in [0, 0.1) is 0 Å². The zero-order valence-corrected chi connectivity index (χ0v) is 13.3. The van der Waals surface area contributed by atoms with E-state index in [0.29, 0.717) is 24.9 Å². The number of amides is 2. The fraction of sp³-hybridized carbons (Fsp3) is 0.263. The van der Waals surface area contributed by atoms with Crippen LogP contribution in [0.3, 0.4) is 0 Å². The molecule has 2 aromatic rings. The quantitative estimate of drug-likeness (QED) is 0.809. The fourth-order valence-electron chi connectivity index (χ4n) is 2.80. The minimum Gasteiger partial charge on any atom is -0.508 e. The zero-order valence-electron chi connectivity index (χ0n) is 13.3. The van der Waals surface area contributed by atoms with Crippen LogP contribution in [0.5, 0.6) is 5.75 Å². The molecule has 24 heavy (non-hydrogen) atoms. The number of aryl methyl sites for hydroxylation is 1. The van der Waals surface area contributed by atoms with Gasteiger partial charge in [0.15, 0.2) is 0 Å². The van der Waals surface area contributed by atoms with Crippen molar-refractivity contribution < 1.29 is 14.7 Å². The highest BCUT2D eigenvalue weighted by Crippen LogP contribution is 2.23. The Bertz CT molecular complexity index is 754. The third kappa shape index (κ3) is 3.93. The van der Waals surface area contributed by atoms with E-state index in [-0.39, 0.29) is 17.6 Å². The largest absolute Gasteiger partial charge is 0.508 e. The Morgan fingerprint density at radius 1 is 1.12 bits per heavy atom. The molecule has 3 N–H and O–H groups in total. The summed E-state index contributed by atoms with van der Waals surface area (Å²) in [6, 6.07) is 12.3. The molecule has 1 heterocycles. The maximum atomic E-state index is 12.3. The van der Waals surface area contributed by atoms with Crippen molar-refractivity contribution >= 4 is 17.5 Å². The Morgan fingerprint density at radius 2 is 1.92 bits per heavy atom. The van der Waals surface area contributed by atoms with E-state index < -0.39 is 0 Å². The first-order chi connectivity index (χ1) is 11.6. The van der Waals surface area contributed by atoms with E-state index in [0.717, 1.165) is 29.7 Å². The minimum atomic E-state index is -0.118. The van der Waals surface area contributed by atoms with Gasteiger partial charge in [-0.1, -0.05) is 12.1 Å². The van der Waals surface area contributed by atoms with Crippen molar-refractivity contribution in [3.63, 3.8) is 0 Å². The van der Waals surface area contributed by atoms with E-state index in [4.69, 9.17) is 0 Å². The van der Waals surface area contributed by atoms with Gasteiger partial charge in [0, 0.05) is 24.2 Å². The third-order valence-electron chi connectivity index (χ3n) is 4.13. The summed E-state index contributed by atoms with van der Waals surface area (Å²) in [6.45, 7) is 0.525. The Kier molecular flexibility index (Phi) is 4.79. The molecule has 0 radical (unpaired) electrons. The summed E-state index contributed by atoms with van der Waals surface area (Å²) < 4.78 is 0. The molecule has 1 aliphatic heterocycles. The van der Waals surface area contributed by atoms with Crippen LogP contribution in [-0.4, -0.2) is 23.5 Å². The lowest BCUT2D eigenvalue weighted by Crippen LogP contribution is -2.25. The number of hydrogen-bond donors (Lipinski definition) is 3. The van der Waals surface area contributed by atoms with Gasteiger partial charge in [0.25, 0.3) is 5.91 Å². The summed E-state index contributed by atoms with van der Waals surface area (Å²) in [5.41, 5.74) is 3.47. The number of phenolic OH excluding ortho intramolecular Hbond substituents is 1. The summed E-state index contributed by atoms with van der Waals surface area (Å²) in [7, 11) is 0. The summed E-state index contributed by atoms with van der Waals surface area (Å²) in [6.07, 6.45) is 2.81. The zero-order chi connectivity index (χ0) is 16.9. The number of carbonyl (C=O) groups excluding carboxylic acids is 2. The Morgan fingerprint density at radius 3 is 2.71 bits per heavy atom. The van der Waals surface area contributed by atoms with E-state index >= 15 is 0 Å². The molecule has 1 aliphatic rings. The lowest BCUT2D eigenvalue weighted by molar-refractivity contribution is -0.116. The first kappa shape index (κ1) is 16.1. The molecule has 0 unspecified atom stereocenters. The standard InChI is InChI=1S/C19H20N2O3/c22-16-7-4-13(5-8-16)10-11-20-19(24)15-6-9-17-14(12-15)2-1-3-18(23)21-17/h4-9,12,22H,1-3,10-11H2,(H,20,24)(H,21,23). The van der Waals surface area contributed by atoms with Crippen LogP contribution in [0.2, 0.25) is 0 Å². The molecule has 0 aromatic heterocycles. The lowest BCUT2D eigenvalue weighted by atomic mass is 10.0. The number of rotatable bonds is 4. The highest BCUT2D eigenvalue weighted by Gasteiger charge is 2.15. The van der Waals surface area contributed by atoms with Crippen LogP contribution in [0.25, 0.3) is 0 Å². The molecular weight excluding hydrogens is 304 g/mol. The van der Waals surface area contributed by atoms with Crippen molar-refractivity contribution in [2.75, 3.05) is 11.9 Å². The van der Waals surface area contributed by atoms with Crippen LogP contribution >= 0.6 is 0 Å². The van der Waals surface area contributed by atoms with Crippen LogP contribution in [-0.2, 0) is 17.6 Å². The van der Waals surface area contributed by atoms with Crippen molar-refractivity contribution in [2.24, 2.45) is 0 Å². The molecule has 0 fully saturated rings. The average Bonchev–Trinajstić information content (AvgIpc) is 2.76. The van der Waals surface area contributed by atoms with Gasteiger partial charge < -0.3 is 15.7 Å². The van der Waals surface area contributed by atoms with E-state index in [1.165, 1.54) is 0 Å². The highest BCUT2D eigenvalue weighted by molar-refractivity contribution is 5.97. The van der Waals surface area contributed by atoms with Gasteiger partial charge in [-0.25, -0.2) is 0 Å². The van der Waals surface area contributed by atoms with E-state index in [9.17, 15) is 14.7 Å². The molecule has 2 amide bonds. The monoisotopic (exact) mass is 324 g/mol. The number of hydrogen-bond acceptors (Lipinski definition) is 3. The first-order valence-electron chi connectivity index (χ1n) is 8.11. The molecule has 0 saturated carbocycles. The third-order valence-corrected chi connectivity index (χ3v) is 4.13. The van der Waals surface area contributed by atoms with Gasteiger partial charge in [-0.3, -0.25) is 9.59 Å². The number of nitrogens with one attached hydrogen (secondary N) is 2. The molecule has 0 spiro atoms. The van der Waals surface area contributed by atoms with Crippen LogP contribution in [0.1, 0.15) is 34.3 Å². The number of fused-ring (bicyclic) bond motifs is 1. The summed E-state index contributed by atoms with van der Waals surface area (Å²) in [4.78, 5) is 23.8. The predicted octanol–water partition coefficient (Wildman–Crippen LogP) is 2.64. The molecule has 5 nitrogen and oxygen atoms in total. The maximum absolute atomic E-state index is 12.3. The van der Waals surface area contributed by atoms with Crippen molar-refractivity contribution in [1.29, 1.82) is 0 Å². The molecule has 0 aliphatic carbocycles. The van der Waals surface area contributed by atoms with Crippen molar-refractivity contribution in [3.8, 4) is 5.75 Å². The van der Waals surface area contributed by atoms with Crippen LogP contribution in [0.4, 0.5) is 5.69 Å². The van der Waals surface area contributed by atoms with E-state index in [1.807, 2.05) is 18.2 Å². The van der Waals surface area contributed by atoms with E-state index in [2.05, 4.69) is 10.6 Å².